The Bertz CT molecular complexity index is 481. The van der Waals surface area contributed by atoms with Crippen molar-refractivity contribution in [3.63, 3.8) is 0 Å². The largest absolute Gasteiger partial charge is 0.298 e. The topological polar surface area (TPSA) is 45.6 Å². The molecule has 0 saturated heterocycles. The molecule has 16 heavy (non-hydrogen) atoms. The number of anilines is 1. The van der Waals surface area contributed by atoms with Crippen molar-refractivity contribution in [3.05, 3.63) is 18.3 Å². The molecule has 0 radical (unpaired) electrons. The Labute approximate surface area is 94.0 Å². The fraction of sp³-hybridized carbons (Fsp3) is 0.417. The zero-order chi connectivity index (χ0) is 11.1. The van der Waals surface area contributed by atoms with Crippen LogP contribution in [0.4, 0.5) is 11.5 Å². The van der Waals surface area contributed by atoms with Gasteiger partial charge in [0.05, 0.1) is 5.92 Å². The molecule has 1 aliphatic carbocycles. The third kappa shape index (κ3) is 1.26. The molecule has 0 bridgehead atoms. The molecule has 2 heterocycles. The number of hydrogen-bond donors (Lipinski definition) is 0. The van der Waals surface area contributed by atoms with Crippen LogP contribution in [0.3, 0.4) is 0 Å². The molecule has 1 aromatic rings. The highest BCUT2D eigenvalue weighted by molar-refractivity contribution is 6.14. The lowest BCUT2D eigenvalue weighted by molar-refractivity contribution is -0.120. The summed E-state index contributed by atoms with van der Waals surface area (Å²) >= 11 is 0. The summed E-state index contributed by atoms with van der Waals surface area (Å²) in [6.45, 7) is 0. The molecule has 82 valence electrons. The molecule has 1 unspecified atom stereocenters. The molecule has 1 aliphatic heterocycles. The number of aliphatic imine (C=N–C) groups is 1. The summed E-state index contributed by atoms with van der Waals surface area (Å²) in [5, 5.41) is 0. The fourth-order valence-corrected chi connectivity index (χ4v) is 2.45. The van der Waals surface area contributed by atoms with Crippen LogP contribution < -0.4 is 4.90 Å². The summed E-state index contributed by atoms with van der Waals surface area (Å²) in [4.78, 5) is 22.7. The molecule has 1 atom stereocenters. The first-order chi connectivity index (χ1) is 7.77. The van der Waals surface area contributed by atoms with E-state index in [1.165, 1.54) is 0 Å². The van der Waals surface area contributed by atoms with E-state index in [1.54, 1.807) is 18.1 Å². The Hall–Kier alpha value is -1.71. The van der Waals surface area contributed by atoms with Crippen LogP contribution in [-0.4, -0.2) is 23.7 Å². The van der Waals surface area contributed by atoms with Crippen molar-refractivity contribution in [3.8, 4) is 0 Å². The molecule has 3 rings (SSSR count). The van der Waals surface area contributed by atoms with Crippen LogP contribution in [0.25, 0.3) is 0 Å². The predicted molar refractivity (Wildman–Crippen MR) is 62.1 cm³/mol. The summed E-state index contributed by atoms with van der Waals surface area (Å²) in [6, 6.07) is 3.77. The molecular weight excluding hydrogens is 202 g/mol. The number of nitrogens with zero attached hydrogens (tertiary/aromatic N) is 3. The molecule has 0 aromatic carbocycles. The van der Waals surface area contributed by atoms with Crippen molar-refractivity contribution < 1.29 is 4.79 Å². The van der Waals surface area contributed by atoms with Gasteiger partial charge in [-0.1, -0.05) is 0 Å². The van der Waals surface area contributed by atoms with Gasteiger partial charge >= 0.3 is 0 Å². The second kappa shape index (κ2) is 3.40. The van der Waals surface area contributed by atoms with Crippen molar-refractivity contribution in [2.75, 3.05) is 11.9 Å². The predicted octanol–water partition coefficient (Wildman–Crippen LogP) is 1.93. The van der Waals surface area contributed by atoms with Crippen molar-refractivity contribution in [1.82, 2.24) is 4.98 Å². The summed E-state index contributed by atoms with van der Waals surface area (Å²) in [5.74, 6) is 0.794. The van der Waals surface area contributed by atoms with Crippen molar-refractivity contribution in [2.24, 2.45) is 10.9 Å². The average Bonchev–Trinajstić information content (AvgIpc) is 2.72. The number of carbonyl (C=O) groups excluding carboxylic acids is 1. The van der Waals surface area contributed by atoms with Gasteiger partial charge in [0.25, 0.3) is 0 Å². The average molecular weight is 215 g/mol. The number of aromatic nitrogens is 1. The third-order valence-corrected chi connectivity index (χ3v) is 3.30. The van der Waals surface area contributed by atoms with E-state index in [1.807, 2.05) is 12.1 Å². The molecule has 1 aromatic heterocycles. The van der Waals surface area contributed by atoms with Gasteiger partial charge in [-0.05, 0) is 31.4 Å². The van der Waals surface area contributed by atoms with Crippen LogP contribution in [0, 0.1) is 5.92 Å². The molecule has 1 saturated carbocycles. The number of amides is 1. The molecule has 1 fully saturated rings. The van der Waals surface area contributed by atoms with Crippen LogP contribution in [0.15, 0.2) is 23.3 Å². The van der Waals surface area contributed by atoms with Gasteiger partial charge in [-0.25, -0.2) is 4.98 Å². The molecule has 0 N–H and O–H groups in total. The minimum atomic E-state index is -0.0146. The van der Waals surface area contributed by atoms with E-state index in [2.05, 4.69) is 9.98 Å². The lowest BCUT2D eigenvalue weighted by Gasteiger charge is -2.18. The van der Waals surface area contributed by atoms with E-state index in [9.17, 15) is 4.79 Å². The number of rotatable bonds is 0. The van der Waals surface area contributed by atoms with Gasteiger partial charge in [-0.3, -0.25) is 14.7 Å². The molecule has 2 aliphatic rings. The normalized spacial score (nSPS) is 23.6. The molecule has 4 heteroatoms. The maximum absolute atomic E-state index is 12.2. The van der Waals surface area contributed by atoms with E-state index in [0.29, 0.717) is 5.82 Å². The monoisotopic (exact) mass is 215 g/mol. The van der Waals surface area contributed by atoms with Crippen LogP contribution >= 0.6 is 0 Å². The van der Waals surface area contributed by atoms with Crippen LogP contribution in [0.2, 0.25) is 0 Å². The lowest BCUT2D eigenvalue weighted by atomic mass is 10.1. The van der Waals surface area contributed by atoms with Gasteiger partial charge < -0.3 is 0 Å². The van der Waals surface area contributed by atoms with Crippen molar-refractivity contribution in [2.45, 2.75) is 19.3 Å². The number of hydrogen-bond acceptors (Lipinski definition) is 3. The van der Waals surface area contributed by atoms with E-state index in [-0.39, 0.29) is 11.8 Å². The van der Waals surface area contributed by atoms with Gasteiger partial charge in [-0.2, -0.15) is 0 Å². The van der Waals surface area contributed by atoms with Crippen LogP contribution in [0.1, 0.15) is 19.3 Å². The smallest absolute Gasteiger partial charge is 0.236 e. The van der Waals surface area contributed by atoms with Crippen molar-refractivity contribution in [1.29, 1.82) is 0 Å². The van der Waals surface area contributed by atoms with Gasteiger partial charge in [-0.15, -0.1) is 0 Å². The standard InChI is InChI=1S/C12H13N3O/c1-15-11-10(6-3-7-13-11)14-9-5-2-4-8(9)12(15)16/h3,6-8H,2,4-5H2,1H3. The molecule has 4 nitrogen and oxygen atoms in total. The minimum Gasteiger partial charge on any atom is -0.298 e. The Morgan fingerprint density at radius 3 is 3.25 bits per heavy atom. The highest BCUT2D eigenvalue weighted by atomic mass is 16.2. The van der Waals surface area contributed by atoms with Gasteiger partial charge in [0.15, 0.2) is 5.82 Å². The number of carbonyl (C=O) groups is 1. The SMILES string of the molecule is CN1C(=O)C2CCCC2=Nc2cccnc21. The third-order valence-electron chi connectivity index (χ3n) is 3.30. The number of fused-ring (bicyclic) bond motifs is 2. The maximum Gasteiger partial charge on any atom is 0.236 e. The summed E-state index contributed by atoms with van der Waals surface area (Å²) in [6.07, 6.45) is 4.64. The van der Waals surface area contributed by atoms with Gasteiger partial charge in [0.2, 0.25) is 5.91 Å². The van der Waals surface area contributed by atoms with E-state index >= 15 is 0 Å². The van der Waals surface area contributed by atoms with Crippen LogP contribution in [0.5, 0.6) is 0 Å². The first-order valence-corrected chi connectivity index (χ1v) is 5.57. The maximum atomic E-state index is 12.2. The van der Waals surface area contributed by atoms with Gasteiger partial charge in [0, 0.05) is 19.0 Å². The quantitative estimate of drug-likeness (QED) is 0.663. The Morgan fingerprint density at radius 1 is 1.50 bits per heavy atom. The molecule has 1 amide bonds. The fourth-order valence-electron chi connectivity index (χ4n) is 2.45. The van der Waals surface area contributed by atoms with E-state index < -0.39 is 0 Å². The van der Waals surface area contributed by atoms with E-state index in [4.69, 9.17) is 0 Å². The first-order valence-electron chi connectivity index (χ1n) is 5.57. The first kappa shape index (κ1) is 9.51. The zero-order valence-corrected chi connectivity index (χ0v) is 9.18. The summed E-state index contributed by atoms with van der Waals surface area (Å²) in [5.41, 5.74) is 1.85. The molecular formula is C12H13N3O. The minimum absolute atomic E-state index is 0.0146. The Morgan fingerprint density at radius 2 is 2.38 bits per heavy atom. The summed E-state index contributed by atoms with van der Waals surface area (Å²) < 4.78 is 0. The Balaban J connectivity index is 2.18. The second-order valence-electron chi connectivity index (χ2n) is 4.29. The summed E-state index contributed by atoms with van der Waals surface area (Å²) in [7, 11) is 1.78. The van der Waals surface area contributed by atoms with Crippen LogP contribution in [-0.2, 0) is 4.79 Å². The van der Waals surface area contributed by atoms with E-state index in [0.717, 1.165) is 30.7 Å². The number of pyridine rings is 1. The lowest BCUT2D eigenvalue weighted by Crippen LogP contribution is -2.33. The molecule has 0 spiro atoms. The van der Waals surface area contributed by atoms with Crippen molar-refractivity contribution >= 4 is 23.1 Å². The van der Waals surface area contributed by atoms with Gasteiger partial charge in [0.1, 0.15) is 5.69 Å². The highest BCUT2D eigenvalue weighted by Crippen LogP contribution is 2.35. The second-order valence-corrected chi connectivity index (χ2v) is 4.29. The zero-order valence-electron chi connectivity index (χ0n) is 9.18. The Kier molecular flexibility index (Phi) is 2.02. The highest BCUT2D eigenvalue weighted by Gasteiger charge is 2.35.